The molecule has 7 heteroatoms. The number of esters is 3. The first-order valence-corrected chi connectivity index (χ1v) is 4.52. The normalized spacial score (nSPS) is 10.0. The van der Waals surface area contributed by atoms with E-state index in [0.29, 0.717) is 6.42 Å². The standard InChI is InChI=1S/C10H14O5.2K.2H/c1-4-6-7(9(12)14-3)10(13)15-8(11)5-2;;;;/h5,7H,2,4,6H2,1,3H3;;;;. The average Bonchev–Trinajstić information content (AvgIpc) is 2.24. The fourth-order valence-electron chi connectivity index (χ4n) is 0.975. The first kappa shape index (κ1) is 23.7. The van der Waals surface area contributed by atoms with Crippen LogP contribution < -0.4 is 0 Å². The Kier molecular flexibility index (Phi) is 19.6. The van der Waals surface area contributed by atoms with Crippen molar-refractivity contribution in [2.75, 3.05) is 7.11 Å². The molecule has 0 radical (unpaired) electrons. The molecule has 0 bridgehead atoms. The number of ether oxygens (including phenoxy) is 2. The molecule has 0 aromatic heterocycles. The first-order chi connectivity index (χ1) is 7.06. The summed E-state index contributed by atoms with van der Waals surface area (Å²) in [5.74, 6) is -3.50. The Labute approximate surface area is 186 Å². The number of carbonyl (C=O) groups excluding carboxylic acids is 3. The second-order valence-corrected chi connectivity index (χ2v) is 2.81. The second-order valence-electron chi connectivity index (χ2n) is 2.81. The number of carbonyl (C=O) groups is 3. The fraction of sp³-hybridized carbons (Fsp3) is 0.500. The monoisotopic (exact) mass is 294 g/mol. The maximum absolute atomic E-state index is 11.3. The molecule has 0 amide bonds. The number of hydrogen-bond acceptors (Lipinski definition) is 5. The van der Waals surface area contributed by atoms with Crippen LogP contribution in [0.1, 0.15) is 19.8 Å². The molecule has 0 heterocycles. The van der Waals surface area contributed by atoms with Gasteiger partial charge in [-0.25, -0.2) is 4.79 Å². The van der Waals surface area contributed by atoms with Gasteiger partial charge in [-0.2, -0.15) is 0 Å². The predicted octanol–water partition coefficient (Wildman–Crippen LogP) is -0.466. The molecular weight excluding hydrogens is 278 g/mol. The van der Waals surface area contributed by atoms with Crippen molar-refractivity contribution < 1.29 is 23.9 Å². The molecule has 88 valence electrons. The SMILES string of the molecule is C=CC(=O)OC(=O)C(CCC)C(=O)OC.[KH].[KH]. The van der Waals surface area contributed by atoms with E-state index in [4.69, 9.17) is 0 Å². The minimum atomic E-state index is -1.04. The Morgan fingerprint density at radius 2 is 1.76 bits per heavy atom. The molecule has 0 aromatic rings. The van der Waals surface area contributed by atoms with Crippen LogP contribution in [0.5, 0.6) is 0 Å². The van der Waals surface area contributed by atoms with E-state index in [0.717, 1.165) is 6.08 Å². The Hall–Kier alpha value is 1.62. The minimum absolute atomic E-state index is 0. The van der Waals surface area contributed by atoms with Gasteiger partial charge < -0.3 is 9.47 Å². The van der Waals surface area contributed by atoms with Gasteiger partial charge in [0, 0.05) is 6.08 Å². The third kappa shape index (κ3) is 10.1. The van der Waals surface area contributed by atoms with Crippen LogP contribution in [-0.2, 0) is 23.9 Å². The molecule has 0 aromatic carbocycles. The van der Waals surface area contributed by atoms with Crippen LogP contribution in [0.2, 0.25) is 0 Å². The van der Waals surface area contributed by atoms with Crippen LogP contribution in [0.4, 0.5) is 0 Å². The van der Waals surface area contributed by atoms with E-state index in [1.54, 1.807) is 6.92 Å². The van der Waals surface area contributed by atoms with Crippen LogP contribution in [0.15, 0.2) is 12.7 Å². The van der Waals surface area contributed by atoms with Crippen molar-refractivity contribution in [3.63, 3.8) is 0 Å². The quantitative estimate of drug-likeness (QED) is 0.297. The van der Waals surface area contributed by atoms with Crippen LogP contribution in [0.25, 0.3) is 0 Å². The molecule has 1 atom stereocenters. The van der Waals surface area contributed by atoms with Crippen molar-refractivity contribution in [2.24, 2.45) is 5.92 Å². The van der Waals surface area contributed by atoms with Gasteiger partial charge in [0.25, 0.3) is 0 Å². The molecule has 0 spiro atoms. The van der Waals surface area contributed by atoms with Crippen LogP contribution in [-0.4, -0.2) is 128 Å². The zero-order valence-corrected chi connectivity index (χ0v) is 8.82. The van der Waals surface area contributed by atoms with Gasteiger partial charge in [-0.05, 0) is 6.42 Å². The topological polar surface area (TPSA) is 69.7 Å². The third-order valence-electron chi connectivity index (χ3n) is 1.72. The van der Waals surface area contributed by atoms with Crippen LogP contribution in [0.3, 0.4) is 0 Å². The summed E-state index contributed by atoms with van der Waals surface area (Å²) in [4.78, 5) is 33.2. The van der Waals surface area contributed by atoms with Gasteiger partial charge in [0.2, 0.25) is 0 Å². The van der Waals surface area contributed by atoms with E-state index in [9.17, 15) is 14.4 Å². The summed E-state index contributed by atoms with van der Waals surface area (Å²) in [6.07, 6.45) is 1.76. The van der Waals surface area contributed by atoms with E-state index < -0.39 is 23.8 Å². The van der Waals surface area contributed by atoms with Crippen LogP contribution in [0, 0.1) is 5.92 Å². The van der Waals surface area contributed by atoms with E-state index in [2.05, 4.69) is 16.1 Å². The van der Waals surface area contributed by atoms with Gasteiger partial charge in [0.05, 0.1) is 7.11 Å². The number of methoxy groups -OCH3 is 1. The van der Waals surface area contributed by atoms with E-state index in [1.165, 1.54) is 7.11 Å². The van der Waals surface area contributed by atoms with Crippen molar-refractivity contribution in [1.29, 1.82) is 0 Å². The zero-order valence-electron chi connectivity index (χ0n) is 8.82. The summed E-state index contributed by atoms with van der Waals surface area (Å²) in [6, 6.07) is 0. The van der Waals surface area contributed by atoms with Gasteiger partial charge >= 0.3 is 121 Å². The summed E-state index contributed by atoms with van der Waals surface area (Å²) in [7, 11) is 1.17. The van der Waals surface area contributed by atoms with Gasteiger partial charge in [-0.15, -0.1) is 0 Å². The Morgan fingerprint density at radius 1 is 1.24 bits per heavy atom. The van der Waals surface area contributed by atoms with E-state index in [1.807, 2.05) is 0 Å². The molecule has 0 saturated heterocycles. The second kappa shape index (κ2) is 14.0. The Bertz CT molecular complexity index is 278. The molecule has 5 nitrogen and oxygen atoms in total. The molecule has 0 saturated carbocycles. The first-order valence-electron chi connectivity index (χ1n) is 4.52. The average molecular weight is 294 g/mol. The molecule has 0 aliphatic heterocycles. The van der Waals surface area contributed by atoms with Crippen LogP contribution >= 0.6 is 0 Å². The summed E-state index contributed by atoms with van der Waals surface area (Å²) in [5.41, 5.74) is 0. The van der Waals surface area contributed by atoms with Gasteiger partial charge in [0.15, 0.2) is 5.92 Å². The molecule has 0 rings (SSSR count). The fourth-order valence-corrected chi connectivity index (χ4v) is 0.975. The molecule has 0 fully saturated rings. The zero-order chi connectivity index (χ0) is 11.8. The number of rotatable bonds is 5. The molecule has 0 aliphatic rings. The maximum atomic E-state index is 11.3. The van der Waals surface area contributed by atoms with E-state index in [-0.39, 0.29) is 109 Å². The predicted molar refractivity (Wildman–Crippen MR) is 66.0 cm³/mol. The van der Waals surface area contributed by atoms with Crippen molar-refractivity contribution in [3.8, 4) is 0 Å². The molecule has 1 unspecified atom stereocenters. The van der Waals surface area contributed by atoms with Crippen molar-refractivity contribution in [2.45, 2.75) is 19.8 Å². The van der Waals surface area contributed by atoms with Gasteiger partial charge in [-0.3, -0.25) is 9.59 Å². The molecule has 0 N–H and O–H groups in total. The molecule has 17 heavy (non-hydrogen) atoms. The Morgan fingerprint density at radius 3 is 2.12 bits per heavy atom. The van der Waals surface area contributed by atoms with Crippen molar-refractivity contribution >= 4 is 121 Å². The van der Waals surface area contributed by atoms with E-state index >= 15 is 0 Å². The number of hydrogen-bond donors (Lipinski definition) is 0. The summed E-state index contributed by atoms with van der Waals surface area (Å²) < 4.78 is 8.76. The third-order valence-corrected chi connectivity index (χ3v) is 1.72. The van der Waals surface area contributed by atoms with Gasteiger partial charge in [0.1, 0.15) is 0 Å². The van der Waals surface area contributed by atoms with Gasteiger partial charge in [-0.1, -0.05) is 19.9 Å². The summed E-state index contributed by atoms with van der Waals surface area (Å²) in [6.45, 7) is 4.95. The molecular formula is C10H16K2O5. The van der Waals surface area contributed by atoms with Crippen molar-refractivity contribution in [1.82, 2.24) is 0 Å². The Balaban J connectivity index is -0.000000980. The summed E-state index contributed by atoms with van der Waals surface area (Å²) in [5, 5.41) is 0. The van der Waals surface area contributed by atoms with Crippen molar-refractivity contribution in [3.05, 3.63) is 12.7 Å². The summed E-state index contributed by atoms with van der Waals surface area (Å²) >= 11 is 0. The molecule has 0 aliphatic carbocycles.